The van der Waals surface area contributed by atoms with Gasteiger partial charge in [-0.1, -0.05) is 38.0 Å². The standard InChI is InChI=1S/C17H24N2S/c1-2-3-7-16(19-11-9-18-10-12-19)15-13-20-17-8-5-4-6-14(15)17/h4-6,8,13,16,18H,2-3,7,9-12H2,1H3/t16-/m1/s1. The number of unbranched alkanes of at least 4 members (excludes halogenated alkanes) is 1. The Labute approximate surface area is 125 Å². The monoisotopic (exact) mass is 288 g/mol. The quantitative estimate of drug-likeness (QED) is 0.893. The lowest BCUT2D eigenvalue weighted by Gasteiger charge is -2.35. The van der Waals surface area contributed by atoms with Crippen LogP contribution in [-0.4, -0.2) is 31.1 Å². The van der Waals surface area contributed by atoms with E-state index < -0.39 is 0 Å². The van der Waals surface area contributed by atoms with Crippen molar-refractivity contribution in [2.75, 3.05) is 26.2 Å². The van der Waals surface area contributed by atoms with Crippen LogP contribution in [0, 0.1) is 0 Å². The van der Waals surface area contributed by atoms with Crippen LogP contribution in [-0.2, 0) is 0 Å². The van der Waals surface area contributed by atoms with Crippen LogP contribution in [0.3, 0.4) is 0 Å². The van der Waals surface area contributed by atoms with Gasteiger partial charge in [0, 0.05) is 36.9 Å². The Morgan fingerprint density at radius 1 is 1.25 bits per heavy atom. The Morgan fingerprint density at radius 2 is 2.05 bits per heavy atom. The van der Waals surface area contributed by atoms with Crippen LogP contribution in [0.5, 0.6) is 0 Å². The molecule has 0 saturated carbocycles. The van der Waals surface area contributed by atoms with E-state index in [9.17, 15) is 0 Å². The average molecular weight is 288 g/mol. The zero-order valence-electron chi connectivity index (χ0n) is 12.3. The summed E-state index contributed by atoms with van der Waals surface area (Å²) in [6, 6.07) is 9.47. The molecule has 3 rings (SSSR count). The van der Waals surface area contributed by atoms with E-state index in [1.165, 1.54) is 42.4 Å². The average Bonchev–Trinajstić information content (AvgIpc) is 2.93. The molecule has 1 aliphatic heterocycles. The van der Waals surface area contributed by atoms with Gasteiger partial charge in [0.05, 0.1) is 0 Å². The van der Waals surface area contributed by atoms with E-state index in [0.29, 0.717) is 6.04 Å². The lowest BCUT2D eigenvalue weighted by Crippen LogP contribution is -2.45. The first kappa shape index (κ1) is 14.1. The van der Waals surface area contributed by atoms with Gasteiger partial charge in [-0.05, 0) is 28.8 Å². The maximum absolute atomic E-state index is 3.47. The van der Waals surface area contributed by atoms with Crippen LogP contribution in [0.4, 0.5) is 0 Å². The SMILES string of the molecule is CCCC[C@H](c1csc2ccccc12)N1CCNCC1. The molecule has 0 bridgehead atoms. The summed E-state index contributed by atoms with van der Waals surface area (Å²) in [6.07, 6.45) is 3.89. The van der Waals surface area contributed by atoms with Crippen molar-refractivity contribution in [1.29, 1.82) is 0 Å². The molecule has 0 radical (unpaired) electrons. The summed E-state index contributed by atoms with van der Waals surface area (Å²) in [5, 5.41) is 7.33. The zero-order chi connectivity index (χ0) is 13.8. The Morgan fingerprint density at radius 3 is 2.85 bits per heavy atom. The number of hydrogen-bond donors (Lipinski definition) is 1. The smallest absolute Gasteiger partial charge is 0.0363 e. The predicted molar refractivity (Wildman–Crippen MR) is 88.5 cm³/mol. The largest absolute Gasteiger partial charge is 0.314 e. The molecule has 108 valence electrons. The maximum Gasteiger partial charge on any atom is 0.0363 e. The van der Waals surface area contributed by atoms with E-state index in [4.69, 9.17) is 0 Å². The number of nitrogens with one attached hydrogen (secondary N) is 1. The topological polar surface area (TPSA) is 15.3 Å². The molecule has 0 amide bonds. The molecule has 1 saturated heterocycles. The molecule has 3 heteroatoms. The predicted octanol–water partition coefficient (Wildman–Crippen LogP) is 4.04. The molecule has 20 heavy (non-hydrogen) atoms. The highest BCUT2D eigenvalue weighted by atomic mass is 32.1. The normalized spacial score (nSPS) is 18.4. The zero-order valence-corrected chi connectivity index (χ0v) is 13.1. The molecule has 2 heterocycles. The van der Waals surface area contributed by atoms with Crippen molar-refractivity contribution in [3.05, 3.63) is 35.2 Å². The van der Waals surface area contributed by atoms with Crippen LogP contribution < -0.4 is 5.32 Å². The molecule has 1 aromatic carbocycles. The molecule has 1 N–H and O–H groups in total. The molecule has 0 spiro atoms. The second-order valence-electron chi connectivity index (χ2n) is 5.63. The van der Waals surface area contributed by atoms with Crippen LogP contribution in [0.1, 0.15) is 37.8 Å². The Kier molecular flexibility index (Phi) is 4.71. The van der Waals surface area contributed by atoms with Crippen LogP contribution in [0.2, 0.25) is 0 Å². The summed E-state index contributed by atoms with van der Waals surface area (Å²) >= 11 is 1.90. The number of rotatable bonds is 5. The third-order valence-electron chi connectivity index (χ3n) is 4.29. The van der Waals surface area contributed by atoms with Gasteiger partial charge in [-0.15, -0.1) is 11.3 Å². The van der Waals surface area contributed by atoms with Crippen molar-refractivity contribution >= 4 is 21.4 Å². The second-order valence-corrected chi connectivity index (χ2v) is 6.54. The first-order valence-corrected chi connectivity index (χ1v) is 8.69. The van der Waals surface area contributed by atoms with E-state index in [0.717, 1.165) is 13.1 Å². The molecule has 0 unspecified atom stereocenters. The van der Waals surface area contributed by atoms with Crippen molar-refractivity contribution in [2.24, 2.45) is 0 Å². The molecule has 1 atom stereocenters. The molecule has 0 aliphatic carbocycles. The van der Waals surface area contributed by atoms with Crippen molar-refractivity contribution in [1.82, 2.24) is 10.2 Å². The van der Waals surface area contributed by atoms with E-state index in [-0.39, 0.29) is 0 Å². The fraction of sp³-hybridized carbons (Fsp3) is 0.529. The van der Waals surface area contributed by atoms with Gasteiger partial charge < -0.3 is 5.32 Å². The Bertz CT molecular complexity index is 543. The summed E-state index contributed by atoms with van der Waals surface area (Å²) in [5.74, 6) is 0. The first-order chi connectivity index (χ1) is 9.90. The number of benzene rings is 1. The van der Waals surface area contributed by atoms with Crippen LogP contribution in [0.25, 0.3) is 10.1 Å². The van der Waals surface area contributed by atoms with Crippen molar-refractivity contribution in [2.45, 2.75) is 32.2 Å². The molecule has 2 nitrogen and oxygen atoms in total. The highest BCUT2D eigenvalue weighted by Crippen LogP contribution is 2.35. The molecule has 1 aliphatic rings. The Hall–Kier alpha value is -0.900. The molecule has 1 aromatic heterocycles. The fourth-order valence-corrected chi connectivity index (χ4v) is 4.19. The van der Waals surface area contributed by atoms with Gasteiger partial charge in [-0.25, -0.2) is 0 Å². The van der Waals surface area contributed by atoms with Gasteiger partial charge in [0.25, 0.3) is 0 Å². The molecular weight excluding hydrogens is 264 g/mol. The van der Waals surface area contributed by atoms with Gasteiger partial charge >= 0.3 is 0 Å². The second kappa shape index (κ2) is 6.70. The van der Waals surface area contributed by atoms with E-state index in [1.807, 2.05) is 11.3 Å². The summed E-state index contributed by atoms with van der Waals surface area (Å²) in [4.78, 5) is 2.68. The van der Waals surface area contributed by atoms with Crippen molar-refractivity contribution in [3.8, 4) is 0 Å². The summed E-state index contributed by atoms with van der Waals surface area (Å²) in [7, 11) is 0. The summed E-state index contributed by atoms with van der Waals surface area (Å²) in [5.41, 5.74) is 1.56. The minimum absolute atomic E-state index is 0.605. The minimum Gasteiger partial charge on any atom is -0.314 e. The number of thiophene rings is 1. The molecular formula is C17H24N2S. The van der Waals surface area contributed by atoms with Crippen LogP contribution >= 0.6 is 11.3 Å². The first-order valence-electron chi connectivity index (χ1n) is 7.81. The Balaban J connectivity index is 1.90. The van der Waals surface area contributed by atoms with Gasteiger partial charge in [0.1, 0.15) is 0 Å². The number of fused-ring (bicyclic) bond motifs is 1. The lowest BCUT2D eigenvalue weighted by molar-refractivity contribution is 0.164. The summed E-state index contributed by atoms with van der Waals surface area (Å²) < 4.78 is 1.43. The summed E-state index contributed by atoms with van der Waals surface area (Å²) in [6.45, 7) is 6.91. The molecule has 1 fully saturated rings. The van der Waals surface area contributed by atoms with Gasteiger partial charge in [-0.2, -0.15) is 0 Å². The lowest BCUT2D eigenvalue weighted by atomic mass is 9.98. The third-order valence-corrected chi connectivity index (χ3v) is 5.28. The minimum atomic E-state index is 0.605. The highest BCUT2D eigenvalue weighted by molar-refractivity contribution is 7.17. The van der Waals surface area contributed by atoms with Gasteiger partial charge in [0.15, 0.2) is 0 Å². The van der Waals surface area contributed by atoms with Gasteiger partial charge in [-0.3, -0.25) is 4.90 Å². The third kappa shape index (κ3) is 2.90. The number of hydrogen-bond acceptors (Lipinski definition) is 3. The van der Waals surface area contributed by atoms with Crippen LogP contribution in [0.15, 0.2) is 29.6 Å². The maximum atomic E-state index is 3.47. The van der Waals surface area contributed by atoms with E-state index >= 15 is 0 Å². The number of nitrogens with zero attached hydrogens (tertiary/aromatic N) is 1. The van der Waals surface area contributed by atoms with E-state index in [2.05, 4.69) is 46.8 Å². The van der Waals surface area contributed by atoms with Crippen molar-refractivity contribution < 1.29 is 0 Å². The van der Waals surface area contributed by atoms with Crippen molar-refractivity contribution in [3.63, 3.8) is 0 Å². The number of piperazine rings is 1. The van der Waals surface area contributed by atoms with E-state index in [1.54, 1.807) is 5.56 Å². The molecule has 2 aromatic rings. The highest BCUT2D eigenvalue weighted by Gasteiger charge is 2.23. The van der Waals surface area contributed by atoms with Gasteiger partial charge in [0.2, 0.25) is 0 Å². The fourth-order valence-electron chi connectivity index (χ4n) is 3.18.